The third kappa shape index (κ3) is 3.09. The summed E-state index contributed by atoms with van der Waals surface area (Å²) in [5.74, 6) is 0.0653. The molecular weight excluding hydrogens is 285 g/mol. The van der Waals surface area contributed by atoms with E-state index in [1.807, 2.05) is 6.92 Å². The van der Waals surface area contributed by atoms with Crippen LogP contribution in [0.15, 0.2) is 22.9 Å². The van der Waals surface area contributed by atoms with E-state index in [1.165, 1.54) is 12.5 Å². The molecule has 3 nitrogen and oxygen atoms in total. The van der Waals surface area contributed by atoms with Crippen LogP contribution in [0.2, 0.25) is 0 Å². The molecule has 106 valence electrons. The van der Waals surface area contributed by atoms with Crippen LogP contribution in [0.5, 0.6) is 0 Å². The molecule has 0 heterocycles. The highest BCUT2D eigenvalue weighted by molar-refractivity contribution is 6.38. The molecule has 2 atom stereocenters. The van der Waals surface area contributed by atoms with Crippen molar-refractivity contribution in [1.29, 1.82) is 0 Å². The molecule has 0 aromatic heterocycles. The lowest BCUT2D eigenvalue weighted by Gasteiger charge is -2.36. The van der Waals surface area contributed by atoms with E-state index < -0.39 is 10.9 Å². The van der Waals surface area contributed by atoms with Crippen LogP contribution < -0.4 is 5.32 Å². The molecule has 0 aliphatic heterocycles. The number of aliphatic hydroxyl groups excluding tert-OH is 1. The van der Waals surface area contributed by atoms with Gasteiger partial charge in [-0.25, -0.2) is 0 Å². The topological polar surface area (TPSA) is 49.3 Å². The van der Waals surface area contributed by atoms with Gasteiger partial charge in [0.1, 0.15) is 5.76 Å². The maximum atomic E-state index is 12.3. The fourth-order valence-electron chi connectivity index (χ4n) is 2.65. The number of halogens is 2. The SMILES string of the molecule is CC1(NC(=O)C2CCCCC2)C=CC(O)=C(Cl)C1Cl. The normalized spacial score (nSPS) is 32.5. The molecule has 1 fully saturated rings. The van der Waals surface area contributed by atoms with Gasteiger partial charge in [-0.05, 0) is 25.8 Å². The minimum absolute atomic E-state index is 0.0309. The van der Waals surface area contributed by atoms with Gasteiger partial charge >= 0.3 is 0 Å². The van der Waals surface area contributed by atoms with Crippen LogP contribution >= 0.6 is 23.2 Å². The Balaban J connectivity index is 2.06. The number of allylic oxidation sites excluding steroid dienone is 1. The van der Waals surface area contributed by atoms with Crippen LogP contribution in [0.25, 0.3) is 0 Å². The Hall–Kier alpha value is -0.670. The maximum Gasteiger partial charge on any atom is 0.223 e. The molecule has 1 saturated carbocycles. The summed E-state index contributed by atoms with van der Waals surface area (Å²) in [4.78, 5) is 12.3. The third-order valence-electron chi connectivity index (χ3n) is 3.95. The molecule has 5 heteroatoms. The first-order chi connectivity index (χ1) is 8.94. The Morgan fingerprint density at radius 1 is 1.42 bits per heavy atom. The fraction of sp³-hybridized carbons (Fsp3) is 0.643. The van der Waals surface area contributed by atoms with E-state index in [4.69, 9.17) is 23.2 Å². The van der Waals surface area contributed by atoms with Gasteiger partial charge in [-0.15, -0.1) is 11.6 Å². The van der Waals surface area contributed by atoms with Gasteiger partial charge in [0.2, 0.25) is 5.91 Å². The standard InChI is InChI=1S/C14H19Cl2NO2/c1-14(8-7-10(18)11(15)12(14)16)17-13(19)9-5-3-2-4-6-9/h7-9,12,18H,2-6H2,1H3,(H,17,19). The van der Waals surface area contributed by atoms with Crippen molar-refractivity contribution in [3.05, 3.63) is 22.9 Å². The average Bonchev–Trinajstić information content (AvgIpc) is 2.42. The molecule has 0 bridgehead atoms. The molecule has 0 saturated heterocycles. The van der Waals surface area contributed by atoms with Crippen LogP contribution in [-0.4, -0.2) is 21.9 Å². The summed E-state index contributed by atoms with van der Waals surface area (Å²) < 4.78 is 0. The predicted molar refractivity (Wildman–Crippen MR) is 77.4 cm³/mol. The summed E-state index contributed by atoms with van der Waals surface area (Å²) in [5, 5.41) is 12.0. The van der Waals surface area contributed by atoms with Crippen LogP contribution in [0.3, 0.4) is 0 Å². The molecule has 0 radical (unpaired) electrons. The van der Waals surface area contributed by atoms with Gasteiger partial charge in [-0.1, -0.05) is 36.9 Å². The second-order valence-corrected chi connectivity index (χ2v) is 6.38. The van der Waals surface area contributed by atoms with Crippen molar-refractivity contribution in [2.24, 2.45) is 5.92 Å². The molecule has 2 N–H and O–H groups in total. The van der Waals surface area contributed by atoms with E-state index >= 15 is 0 Å². The summed E-state index contributed by atoms with van der Waals surface area (Å²) in [6.07, 6.45) is 8.49. The van der Waals surface area contributed by atoms with E-state index in [0.717, 1.165) is 25.7 Å². The smallest absolute Gasteiger partial charge is 0.223 e. The van der Waals surface area contributed by atoms with Crippen LogP contribution in [0, 0.1) is 5.92 Å². The zero-order chi connectivity index (χ0) is 14.0. The maximum absolute atomic E-state index is 12.3. The number of carbonyl (C=O) groups excluding carboxylic acids is 1. The largest absolute Gasteiger partial charge is 0.507 e. The van der Waals surface area contributed by atoms with Gasteiger partial charge in [0.05, 0.1) is 15.9 Å². The summed E-state index contributed by atoms with van der Waals surface area (Å²) in [5.41, 5.74) is -0.751. The van der Waals surface area contributed by atoms with E-state index in [9.17, 15) is 9.90 Å². The molecule has 0 aromatic carbocycles. The van der Waals surface area contributed by atoms with Gasteiger partial charge in [0.15, 0.2) is 0 Å². The van der Waals surface area contributed by atoms with Gasteiger partial charge in [0, 0.05) is 5.92 Å². The Bertz CT molecular complexity index is 427. The van der Waals surface area contributed by atoms with Crippen molar-refractivity contribution in [3.8, 4) is 0 Å². The van der Waals surface area contributed by atoms with Gasteiger partial charge in [-0.2, -0.15) is 0 Å². The number of carbonyl (C=O) groups is 1. The van der Waals surface area contributed by atoms with Crippen LogP contribution in [-0.2, 0) is 4.79 Å². The predicted octanol–water partition coefficient (Wildman–Crippen LogP) is 3.63. The molecule has 2 aliphatic carbocycles. The van der Waals surface area contributed by atoms with Crippen molar-refractivity contribution in [2.45, 2.75) is 49.9 Å². The highest BCUT2D eigenvalue weighted by atomic mass is 35.5. The first-order valence-electron chi connectivity index (χ1n) is 6.68. The van der Waals surface area contributed by atoms with E-state index in [0.29, 0.717) is 0 Å². The first-order valence-corrected chi connectivity index (χ1v) is 7.49. The summed E-state index contributed by atoms with van der Waals surface area (Å²) >= 11 is 12.2. The van der Waals surface area contributed by atoms with E-state index in [2.05, 4.69) is 5.32 Å². The molecule has 19 heavy (non-hydrogen) atoms. The number of amides is 1. The molecule has 2 rings (SSSR count). The van der Waals surface area contributed by atoms with Crippen molar-refractivity contribution in [1.82, 2.24) is 5.32 Å². The molecule has 0 spiro atoms. The van der Waals surface area contributed by atoms with Crippen LogP contribution in [0.1, 0.15) is 39.0 Å². The molecular formula is C14H19Cl2NO2. The number of hydrogen-bond donors (Lipinski definition) is 2. The number of rotatable bonds is 2. The lowest BCUT2D eigenvalue weighted by molar-refractivity contribution is -0.127. The third-order valence-corrected chi connectivity index (χ3v) is 5.14. The second-order valence-electron chi connectivity index (χ2n) is 5.54. The Labute approximate surface area is 123 Å². The zero-order valence-corrected chi connectivity index (χ0v) is 12.5. The monoisotopic (exact) mass is 303 g/mol. The first kappa shape index (κ1) is 14.7. The van der Waals surface area contributed by atoms with Crippen LogP contribution in [0.4, 0.5) is 0 Å². The molecule has 2 aliphatic rings. The summed E-state index contributed by atoms with van der Waals surface area (Å²) in [7, 11) is 0. The van der Waals surface area contributed by atoms with Crippen molar-refractivity contribution in [2.75, 3.05) is 0 Å². The lowest BCUT2D eigenvalue weighted by atomic mass is 9.86. The average molecular weight is 304 g/mol. The second kappa shape index (κ2) is 5.76. The van der Waals surface area contributed by atoms with Gasteiger partial charge < -0.3 is 10.4 Å². The fourth-order valence-corrected chi connectivity index (χ4v) is 3.18. The zero-order valence-electron chi connectivity index (χ0n) is 11.0. The number of nitrogens with one attached hydrogen (secondary N) is 1. The number of hydrogen-bond acceptors (Lipinski definition) is 2. The molecule has 1 amide bonds. The highest BCUT2D eigenvalue weighted by Crippen LogP contribution is 2.34. The summed E-state index contributed by atoms with van der Waals surface area (Å²) in [6, 6.07) is 0. The van der Waals surface area contributed by atoms with E-state index in [1.54, 1.807) is 6.08 Å². The Morgan fingerprint density at radius 3 is 2.68 bits per heavy atom. The highest BCUT2D eigenvalue weighted by Gasteiger charge is 2.39. The van der Waals surface area contributed by atoms with Crippen molar-refractivity contribution in [3.63, 3.8) is 0 Å². The van der Waals surface area contributed by atoms with Gasteiger partial charge in [0.25, 0.3) is 0 Å². The minimum atomic E-state index is -0.751. The minimum Gasteiger partial charge on any atom is -0.507 e. The molecule has 0 aromatic rings. The molecule has 2 unspecified atom stereocenters. The number of aliphatic hydroxyl groups is 1. The quantitative estimate of drug-likeness (QED) is 0.765. The van der Waals surface area contributed by atoms with E-state index in [-0.39, 0.29) is 22.6 Å². The van der Waals surface area contributed by atoms with Crippen molar-refractivity contribution >= 4 is 29.1 Å². The Morgan fingerprint density at radius 2 is 2.05 bits per heavy atom. The van der Waals surface area contributed by atoms with Crippen molar-refractivity contribution < 1.29 is 9.90 Å². The number of alkyl halides is 1. The summed E-state index contributed by atoms with van der Waals surface area (Å²) in [6.45, 7) is 1.82. The Kier molecular flexibility index (Phi) is 4.46. The lowest BCUT2D eigenvalue weighted by Crippen LogP contribution is -2.54. The van der Waals surface area contributed by atoms with Gasteiger partial charge in [-0.3, -0.25) is 4.79 Å².